The summed E-state index contributed by atoms with van der Waals surface area (Å²) >= 11 is 12.2. The number of carboxylic acid groups (broad SMARTS) is 1. The number of halogens is 2. The number of hydrogen-bond acceptors (Lipinski definition) is 4. The Hall–Kier alpha value is -3.35. The Kier molecular flexibility index (Phi) is 5.67. The number of carboxylic acids is 1. The first-order valence-electron chi connectivity index (χ1n) is 9.41. The largest absolute Gasteiger partial charge is 0.478 e. The highest BCUT2D eigenvalue weighted by molar-refractivity contribution is 6.31. The summed E-state index contributed by atoms with van der Waals surface area (Å²) in [5.74, 6) is -1.10. The van der Waals surface area contributed by atoms with Gasteiger partial charge in [0.1, 0.15) is 5.65 Å². The number of hydrogen-bond donors (Lipinski definition) is 2. The maximum absolute atomic E-state index is 12.8. The van der Waals surface area contributed by atoms with Crippen LogP contribution in [0.15, 0.2) is 71.7 Å². The van der Waals surface area contributed by atoms with Crippen molar-refractivity contribution < 1.29 is 9.90 Å². The molecule has 31 heavy (non-hydrogen) atoms. The average molecular weight is 454 g/mol. The van der Waals surface area contributed by atoms with E-state index in [1.807, 2.05) is 37.3 Å². The van der Waals surface area contributed by atoms with E-state index < -0.39 is 12.0 Å². The zero-order valence-electron chi connectivity index (χ0n) is 16.3. The van der Waals surface area contributed by atoms with Crippen molar-refractivity contribution in [3.8, 4) is 11.3 Å². The van der Waals surface area contributed by atoms with Crippen LogP contribution < -0.4 is 10.9 Å². The van der Waals surface area contributed by atoms with Crippen molar-refractivity contribution in [2.75, 3.05) is 5.32 Å². The molecule has 8 heteroatoms. The van der Waals surface area contributed by atoms with Gasteiger partial charge < -0.3 is 10.4 Å². The van der Waals surface area contributed by atoms with Crippen molar-refractivity contribution in [2.45, 2.75) is 13.0 Å². The number of anilines is 1. The molecule has 0 saturated heterocycles. The number of nitrogens with zero attached hydrogens (tertiary/aromatic N) is 2. The lowest BCUT2D eigenvalue weighted by Gasteiger charge is -2.19. The third kappa shape index (κ3) is 4.26. The monoisotopic (exact) mass is 453 g/mol. The Bertz CT molecular complexity index is 1350. The zero-order chi connectivity index (χ0) is 22.1. The van der Waals surface area contributed by atoms with E-state index in [4.69, 9.17) is 28.2 Å². The second kappa shape index (κ2) is 8.41. The number of carbonyl (C=O) groups is 1. The molecule has 2 aromatic heterocycles. The van der Waals surface area contributed by atoms with Crippen LogP contribution in [0, 0.1) is 0 Å². The molecule has 156 valence electrons. The molecule has 0 aliphatic heterocycles. The van der Waals surface area contributed by atoms with Crippen molar-refractivity contribution in [3.63, 3.8) is 0 Å². The van der Waals surface area contributed by atoms with Crippen LogP contribution in [0.25, 0.3) is 16.9 Å². The number of fused-ring (bicyclic) bond motifs is 1. The summed E-state index contributed by atoms with van der Waals surface area (Å²) in [5, 5.41) is 13.4. The van der Waals surface area contributed by atoms with Crippen molar-refractivity contribution >= 4 is 40.5 Å². The standard InChI is InChI=1S/C23H17Cl2N3O3/c1-13(26-19-8-7-15(24)9-18(19)23(30)31)17-10-16(25)12-28-21(29)11-20(27-22(17)28)14-5-3-2-4-6-14/h2-13,26H,1H3,(H,30,31)/t13-/m1/s1. The highest BCUT2D eigenvalue weighted by Gasteiger charge is 2.18. The SMILES string of the molecule is C[C@@H](Nc1ccc(Cl)cc1C(=O)O)c1cc(Cl)cn2c(=O)cc(-c3ccccc3)nc12. The van der Waals surface area contributed by atoms with Crippen LogP contribution in [0.4, 0.5) is 5.69 Å². The summed E-state index contributed by atoms with van der Waals surface area (Å²) in [7, 11) is 0. The van der Waals surface area contributed by atoms with Gasteiger partial charge in [0.2, 0.25) is 0 Å². The minimum atomic E-state index is -1.10. The molecule has 4 aromatic rings. The van der Waals surface area contributed by atoms with E-state index in [0.717, 1.165) is 5.56 Å². The van der Waals surface area contributed by atoms with E-state index in [-0.39, 0.29) is 11.1 Å². The normalized spacial score (nSPS) is 12.0. The van der Waals surface area contributed by atoms with Crippen LogP contribution >= 0.6 is 23.2 Å². The van der Waals surface area contributed by atoms with Crippen LogP contribution in [0.2, 0.25) is 10.0 Å². The van der Waals surface area contributed by atoms with Crippen molar-refractivity contribution in [1.29, 1.82) is 0 Å². The smallest absolute Gasteiger partial charge is 0.337 e. The average Bonchev–Trinajstić information content (AvgIpc) is 2.75. The predicted octanol–water partition coefficient (Wildman–Crippen LogP) is 5.54. The van der Waals surface area contributed by atoms with E-state index in [1.54, 1.807) is 18.2 Å². The highest BCUT2D eigenvalue weighted by atomic mass is 35.5. The molecule has 0 aliphatic rings. The Morgan fingerprint density at radius 2 is 1.81 bits per heavy atom. The third-order valence-electron chi connectivity index (χ3n) is 4.88. The topological polar surface area (TPSA) is 83.7 Å². The number of benzene rings is 2. The van der Waals surface area contributed by atoms with E-state index >= 15 is 0 Å². The van der Waals surface area contributed by atoms with Gasteiger partial charge >= 0.3 is 5.97 Å². The number of nitrogens with one attached hydrogen (secondary N) is 1. The summed E-state index contributed by atoms with van der Waals surface area (Å²) in [6.45, 7) is 1.84. The summed E-state index contributed by atoms with van der Waals surface area (Å²) in [6.07, 6.45) is 1.52. The summed E-state index contributed by atoms with van der Waals surface area (Å²) < 4.78 is 1.39. The predicted molar refractivity (Wildman–Crippen MR) is 122 cm³/mol. The summed E-state index contributed by atoms with van der Waals surface area (Å²) in [4.78, 5) is 29.1. The third-order valence-corrected chi connectivity index (χ3v) is 5.32. The molecule has 2 N–H and O–H groups in total. The van der Waals surface area contributed by atoms with Crippen LogP contribution in [0.5, 0.6) is 0 Å². The lowest BCUT2D eigenvalue weighted by atomic mass is 10.1. The molecule has 0 bridgehead atoms. The molecule has 6 nitrogen and oxygen atoms in total. The van der Waals surface area contributed by atoms with Gasteiger partial charge in [0.05, 0.1) is 22.3 Å². The Morgan fingerprint density at radius 3 is 2.52 bits per heavy atom. The van der Waals surface area contributed by atoms with Gasteiger partial charge in [-0.15, -0.1) is 0 Å². The van der Waals surface area contributed by atoms with E-state index in [2.05, 4.69) is 5.32 Å². The first-order valence-corrected chi connectivity index (χ1v) is 10.2. The van der Waals surface area contributed by atoms with Gasteiger partial charge in [-0.3, -0.25) is 9.20 Å². The molecule has 0 unspecified atom stereocenters. The fourth-order valence-corrected chi connectivity index (χ4v) is 3.79. The lowest BCUT2D eigenvalue weighted by Crippen LogP contribution is -2.18. The lowest BCUT2D eigenvalue weighted by molar-refractivity contribution is 0.0698. The second-order valence-electron chi connectivity index (χ2n) is 7.01. The molecule has 2 aromatic carbocycles. The van der Waals surface area contributed by atoms with Gasteiger partial charge in [0.25, 0.3) is 5.56 Å². The van der Waals surface area contributed by atoms with Crippen molar-refractivity contribution in [2.24, 2.45) is 0 Å². The molecule has 4 rings (SSSR count). The number of pyridine rings is 1. The molecular formula is C23H17Cl2N3O3. The van der Waals surface area contributed by atoms with Gasteiger partial charge in [0, 0.05) is 34.1 Å². The minimum Gasteiger partial charge on any atom is -0.478 e. The summed E-state index contributed by atoms with van der Waals surface area (Å²) in [6, 6.07) is 16.7. The highest BCUT2D eigenvalue weighted by Crippen LogP contribution is 2.29. The molecule has 0 fully saturated rings. The van der Waals surface area contributed by atoms with Crippen LogP contribution in [0.1, 0.15) is 28.9 Å². The number of aromatic nitrogens is 2. The Labute approximate surface area is 187 Å². The summed E-state index contributed by atoms with van der Waals surface area (Å²) in [5.41, 5.74) is 2.60. The van der Waals surface area contributed by atoms with Gasteiger partial charge in [-0.2, -0.15) is 0 Å². The number of rotatable bonds is 5. The van der Waals surface area contributed by atoms with Gasteiger partial charge in [0.15, 0.2) is 0 Å². The molecule has 1 atom stereocenters. The van der Waals surface area contributed by atoms with E-state index in [0.29, 0.717) is 32.6 Å². The molecule has 2 heterocycles. The molecule has 0 amide bonds. The molecule has 0 aliphatic carbocycles. The molecule has 0 saturated carbocycles. The number of aromatic carboxylic acids is 1. The van der Waals surface area contributed by atoms with Crippen LogP contribution in [0.3, 0.4) is 0 Å². The van der Waals surface area contributed by atoms with Gasteiger partial charge in [-0.05, 0) is 31.2 Å². The van der Waals surface area contributed by atoms with Crippen molar-refractivity contribution in [1.82, 2.24) is 9.38 Å². The molecule has 0 spiro atoms. The van der Waals surface area contributed by atoms with E-state index in [9.17, 15) is 14.7 Å². The first kappa shape index (κ1) is 20.9. The zero-order valence-corrected chi connectivity index (χ0v) is 17.9. The maximum Gasteiger partial charge on any atom is 0.337 e. The van der Waals surface area contributed by atoms with Crippen LogP contribution in [-0.2, 0) is 0 Å². The maximum atomic E-state index is 12.8. The van der Waals surface area contributed by atoms with Crippen LogP contribution in [-0.4, -0.2) is 20.5 Å². The van der Waals surface area contributed by atoms with E-state index in [1.165, 1.54) is 22.7 Å². The second-order valence-corrected chi connectivity index (χ2v) is 7.89. The Balaban J connectivity index is 1.84. The quantitative estimate of drug-likeness (QED) is 0.414. The van der Waals surface area contributed by atoms with Crippen molar-refractivity contribution in [3.05, 3.63) is 98.4 Å². The fraction of sp³-hybridized carbons (Fsp3) is 0.0870. The van der Waals surface area contributed by atoms with Gasteiger partial charge in [-0.25, -0.2) is 9.78 Å². The first-order chi connectivity index (χ1) is 14.8. The Morgan fingerprint density at radius 1 is 1.06 bits per heavy atom. The molecular weight excluding hydrogens is 437 g/mol. The fourth-order valence-electron chi connectivity index (χ4n) is 3.40. The minimum absolute atomic E-state index is 0.0424. The molecule has 0 radical (unpaired) electrons. The van der Waals surface area contributed by atoms with Gasteiger partial charge in [-0.1, -0.05) is 53.5 Å².